The Balaban J connectivity index is 3.20. The van der Waals surface area contributed by atoms with Crippen molar-refractivity contribution < 1.29 is 9.59 Å². The van der Waals surface area contributed by atoms with Crippen molar-refractivity contribution in [3.05, 3.63) is 23.8 Å². The summed E-state index contributed by atoms with van der Waals surface area (Å²) in [4.78, 5) is 23.6. The van der Waals surface area contributed by atoms with E-state index < -0.39 is 5.91 Å². The number of ketones is 1. The second-order valence-corrected chi connectivity index (χ2v) is 7.77. The van der Waals surface area contributed by atoms with Gasteiger partial charge in [0.1, 0.15) is 0 Å². The highest BCUT2D eigenvalue weighted by molar-refractivity contribution is 5.99. The molecule has 0 saturated heterocycles. The molecule has 0 aliphatic heterocycles. The first-order valence-electron chi connectivity index (χ1n) is 7.17. The zero-order chi connectivity index (χ0) is 15.7. The van der Waals surface area contributed by atoms with Gasteiger partial charge in [-0.05, 0) is 34.8 Å². The number of rotatable bonds is 2. The highest BCUT2D eigenvalue weighted by atomic mass is 16.1. The second kappa shape index (κ2) is 5.55. The molecule has 0 heterocycles. The molecule has 0 radical (unpaired) electrons. The molecule has 3 nitrogen and oxygen atoms in total. The van der Waals surface area contributed by atoms with E-state index in [1.165, 1.54) is 6.08 Å². The first-order chi connectivity index (χ1) is 8.93. The first-order valence-corrected chi connectivity index (χ1v) is 7.17. The maximum Gasteiger partial charge on any atom is 0.241 e. The topological polar surface area (TPSA) is 60.2 Å². The standard InChI is InChI=1S/C17H27NO2/c1-16(2,3)12-9-11(7-8-14(18)19)10-13(15(12)20)17(4,5)6/h7-9,11,13H,10H2,1-6H3,(H2,18,19). The monoisotopic (exact) mass is 277 g/mol. The van der Waals surface area contributed by atoms with E-state index in [1.807, 2.05) is 12.2 Å². The largest absolute Gasteiger partial charge is 0.366 e. The second-order valence-electron chi connectivity index (χ2n) is 7.77. The molecule has 1 amide bonds. The Morgan fingerprint density at radius 1 is 1.25 bits per heavy atom. The summed E-state index contributed by atoms with van der Waals surface area (Å²) in [5.74, 6) is -0.128. The number of hydrogen-bond acceptors (Lipinski definition) is 2. The first kappa shape index (κ1) is 16.7. The Labute approximate surface area is 122 Å². The van der Waals surface area contributed by atoms with Crippen LogP contribution in [0.15, 0.2) is 23.8 Å². The van der Waals surface area contributed by atoms with Gasteiger partial charge in [-0.15, -0.1) is 0 Å². The number of primary amides is 1. The predicted molar refractivity (Wildman–Crippen MR) is 81.9 cm³/mol. The van der Waals surface area contributed by atoms with Crippen LogP contribution >= 0.6 is 0 Å². The minimum Gasteiger partial charge on any atom is -0.366 e. The van der Waals surface area contributed by atoms with E-state index in [0.717, 1.165) is 12.0 Å². The molecule has 0 aromatic carbocycles. The summed E-state index contributed by atoms with van der Waals surface area (Å²) in [6.07, 6.45) is 5.96. The molecule has 20 heavy (non-hydrogen) atoms. The minimum absolute atomic E-state index is 0.0238. The number of hydrogen-bond donors (Lipinski definition) is 1. The maximum atomic E-state index is 12.7. The molecule has 2 unspecified atom stereocenters. The zero-order valence-corrected chi connectivity index (χ0v) is 13.5. The van der Waals surface area contributed by atoms with E-state index in [4.69, 9.17) is 5.73 Å². The molecule has 2 N–H and O–H groups in total. The Hall–Kier alpha value is -1.38. The van der Waals surface area contributed by atoms with Crippen molar-refractivity contribution in [2.45, 2.75) is 48.0 Å². The SMILES string of the molecule is CC(C)(C)C1=CC(C=CC(N)=O)CC(C(C)(C)C)C1=O. The fourth-order valence-electron chi connectivity index (χ4n) is 2.65. The van der Waals surface area contributed by atoms with Gasteiger partial charge in [-0.25, -0.2) is 0 Å². The number of carbonyl (C=O) groups is 2. The van der Waals surface area contributed by atoms with E-state index in [2.05, 4.69) is 41.5 Å². The normalized spacial score (nSPS) is 24.9. The summed E-state index contributed by atoms with van der Waals surface area (Å²) < 4.78 is 0. The molecule has 1 aliphatic rings. The molecule has 0 bridgehead atoms. The van der Waals surface area contributed by atoms with Crippen LogP contribution in [-0.2, 0) is 9.59 Å². The molecule has 1 aliphatic carbocycles. The molecule has 0 spiro atoms. The van der Waals surface area contributed by atoms with E-state index in [9.17, 15) is 9.59 Å². The molecule has 0 aromatic rings. The molecular weight excluding hydrogens is 250 g/mol. The van der Waals surface area contributed by atoms with Crippen molar-refractivity contribution in [3.8, 4) is 0 Å². The van der Waals surface area contributed by atoms with Gasteiger partial charge < -0.3 is 5.73 Å². The van der Waals surface area contributed by atoms with Gasteiger partial charge >= 0.3 is 0 Å². The fraction of sp³-hybridized carbons (Fsp3) is 0.647. The molecule has 112 valence electrons. The Kier molecular flexibility index (Phi) is 4.62. The van der Waals surface area contributed by atoms with Crippen LogP contribution in [0.1, 0.15) is 48.0 Å². The summed E-state index contributed by atoms with van der Waals surface area (Å²) in [5, 5.41) is 0. The van der Waals surface area contributed by atoms with Gasteiger partial charge in [-0.1, -0.05) is 53.7 Å². The summed E-state index contributed by atoms with van der Waals surface area (Å²) in [6.45, 7) is 12.4. The maximum absolute atomic E-state index is 12.7. The van der Waals surface area contributed by atoms with Gasteiger partial charge in [0.05, 0.1) is 0 Å². The average Bonchev–Trinajstić information content (AvgIpc) is 2.24. The van der Waals surface area contributed by atoms with Crippen molar-refractivity contribution in [1.29, 1.82) is 0 Å². The van der Waals surface area contributed by atoms with E-state index in [1.54, 1.807) is 0 Å². The van der Waals surface area contributed by atoms with Crippen molar-refractivity contribution in [1.82, 2.24) is 0 Å². The summed E-state index contributed by atoms with van der Waals surface area (Å²) in [7, 11) is 0. The summed E-state index contributed by atoms with van der Waals surface area (Å²) in [6, 6.07) is 0. The molecular formula is C17H27NO2. The van der Waals surface area contributed by atoms with Crippen LogP contribution in [0.25, 0.3) is 0 Å². The molecule has 1 rings (SSSR count). The highest BCUT2D eigenvalue weighted by Gasteiger charge is 2.40. The third-order valence-corrected chi connectivity index (χ3v) is 3.83. The Morgan fingerprint density at radius 3 is 2.20 bits per heavy atom. The van der Waals surface area contributed by atoms with Gasteiger partial charge in [0.15, 0.2) is 5.78 Å². The van der Waals surface area contributed by atoms with Crippen molar-refractivity contribution >= 4 is 11.7 Å². The third kappa shape index (κ3) is 4.06. The van der Waals surface area contributed by atoms with Crippen LogP contribution in [0, 0.1) is 22.7 Å². The fourth-order valence-corrected chi connectivity index (χ4v) is 2.65. The molecule has 0 fully saturated rings. The number of Topliss-reactive ketones (excluding diaryl/α,β-unsaturated/α-hetero) is 1. The van der Waals surface area contributed by atoms with Gasteiger partial charge in [-0.2, -0.15) is 0 Å². The lowest BCUT2D eigenvalue weighted by molar-refractivity contribution is -0.124. The molecule has 0 aromatic heterocycles. The summed E-state index contributed by atoms with van der Waals surface area (Å²) >= 11 is 0. The number of nitrogens with two attached hydrogens (primary N) is 1. The third-order valence-electron chi connectivity index (χ3n) is 3.83. The Morgan fingerprint density at radius 2 is 1.80 bits per heavy atom. The highest BCUT2D eigenvalue weighted by Crippen LogP contribution is 2.42. The van der Waals surface area contributed by atoms with Crippen LogP contribution in [-0.4, -0.2) is 11.7 Å². The number of carbonyl (C=O) groups excluding carboxylic acids is 2. The van der Waals surface area contributed by atoms with Crippen molar-refractivity contribution in [2.75, 3.05) is 0 Å². The molecule has 0 saturated carbocycles. The van der Waals surface area contributed by atoms with E-state index in [0.29, 0.717) is 0 Å². The lowest BCUT2D eigenvalue weighted by atomic mass is 9.65. The molecule has 2 atom stereocenters. The lowest BCUT2D eigenvalue weighted by Gasteiger charge is -2.38. The van der Waals surface area contributed by atoms with Crippen LogP contribution in [0.3, 0.4) is 0 Å². The smallest absolute Gasteiger partial charge is 0.241 e. The Bertz CT molecular complexity index is 458. The van der Waals surface area contributed by atoms with Gasteiger partial charge in [0, 0.05) is 5.92 Å². The lowest BCUT2D eigenvalue weighted by Crippen LogP contribution is -2.37. The van der Waals surface area contributed by atoms with Crippen LogP contribution in [0.4, 0.5) is 0 Å². The molecule has 3 heteroatoms. The minimum atomic E-state index is -0.445. The van der Waals surface area contributed by atoms with E-state index in [-0.39, 0.29) is 28.4 Å². The van der Waals surface area contributed by atoms with E-state index >= 15 is 0 Å². The zero-order valence-electron chi connectivity index (χ0n) is 13.5. The van der Waals surface area contributed by atoms with Crippen molar-refractivity contribution in [2.24, 2.45) is 28.4 Å². The van der Waals surface area contributed by atoms with Crippen molar-refractivity contribution in [3.63, 3.8) is 0 Å². The van der Waals surface area contributed by atoms with Gasteiger partial charge in [-0.3, -0.25) is 9.59 Å². The summed E-state index contributed by atoms with van der Waals surface area (Å²) in [5.41, 5.74) is 5.76. The predicted octanol–water partition coefficient (Wildman–Crippen LogP) is 3.25. The van der Waals surface area contributed by atoms with Crippen LogP contribution in [0.2, 0.25) is 0 Å². The van der Waals surface area contributed by atoms with Gasteiger partial charge in [0.2, 0.25) is 5.91 Å². The number of allylic oxidation sites excluding steroid dienone is 3. The number of amides is 1. The quantitative estimate of drug-likeness (QED) is 0.788. The van der Waals surface area contributed by atoms with Crippen LogP contribution < -0.4 is 5.73 Å². The average molecular weight is 277 g/mol. The van der Waals surface area contributed by atoms with Gasteiger partial charge in [0.25, 0.3) is 0 Å². The van der Waals surface area contributed by atoms with Crippen LogP contribution in [0.5, 0.6) is 0 Å².